The van der Waals surface area contributed by atoms with Gasteiger partial charge in [-0.1, -0.05) is 6.92 Å². The average molecular weight is 284 g/mol. The van der Waals surface area contributed by atoms with E-state index in [-0.39, 0.29) is 17.9 Å². The minimum Gasteiger partial charge on any atom is -0.395 e. The molecule has 0 saturated carbocycles. The molecule has 0 bridgehead atoms. The first-order chi connectivity index (χ1) is 9.10. The van der Waals surface area contributed by atoms with Crippen LogP contribution in [0.5, 0.6) is 0 Å². The first-order valence-electron chi connectivity index (χ1n) is 6.60. The topological polar surface area (TPSA) is 70.1 Å². The van der Waals surface area contributed by atoms with Crippen LogP contribution >= 0.6 is 11.8 Å². The Morgan fingerprint density at radius 2 is 2.16 bits per heavy atom. The van der Waals surface area contributed by atoms with Gasteiger partial charge in [-0.15, -0.1) is 0 Å². The minimum absolute atomic E-state index is 0.147. The monoisotopic (exact) mass is 284 g/mol. The summed E-state index contributed by atoms with van der Waals surface area (Å²) in [7, 11) is 0. The van der Waals surface area contributed by atoms with Gasteiger partial charge in [-0.25, -0.2) is 4.98 Å². The van der Waals surface area contributed by atoms with Crippen molar-refractivity contribution in [2.75, 3.05) is 30.0 Å². The molecule has 1 aromatic rings. The predicted octanol–water partition coefficient (Wildman–Crippen LogP) is 2.13. The number of thioether (sulfide) groups is 1. The van der Waals surface area contributed by atoms with Crippen molar-refractivity contribution < 1.29 is 5.11 Å². The Balaban J connectivity index is 2.74. The van der Waals surface area contributed by atoms with E-state index in [0.29, 0.717) is 5.95 Å². The van der Waals surface area contributed by atoms with Crippen LogP contribution in [0.15, 0.2) is 6.07 Å². The Labute approximate surface area is 119 Å². The lowest BCUT2D eigenvalue weighted by atomic mass is 10.2. The standard InChI is InChI=1S/C13H24N4OS/c1-5-6-14-13-15-9(2)7-12(17-13)16-10(3)11(8-18)19-4/h7,10-11,18H,5-6,8H2,1-4H3,(H2,14,15,16,17). The first-order valence-corrected chi connectivity index (χ1v) is 7.89. The van der Waals surface area contributed by atoms with E-state index >= 15 is 0 Å². The summed E-state index contributed by atoms with van der Waals surface area (Å²) >= 11 is 1.65. The van der Waals surface area contributed by atoms with Crippen molar-refractivity contribution in [3.8, 4) is 0 Å². The Hall–Kier alpha value is -1.01. The van der Waals surface area contributed by atoms with Crippen LogP contribution in [0.1, 0.15) is 26.0 Å². The molecule has 0 saturated heterocycles. The van der Waals surface area contributed by atoms with E-state index in [2.05, 4.69) is 27.5 Å². The van der Waals surface area contributed by atoms with E-state index in [1.807, 2.05) is 26.2 Å². The van der Waals surface area contributed by atoms with Gasteiger partial charge in [-0.2, -0.15) is 16.7 Å². The van der Waals surface area contributed by atoms with Crippen molar-refractivity contribution in [2.24, 2.45) is 0 Å². The lowest BCUT2D eigenvalue weighted by molar-refractivity contribution is 0.288. The molecule has 0 aliphatic rings. The molecule has 5 nitrogen and oxygen atoms in total. The molecule has 6 heteroatoms. The van der Waals surface area contributed by atoms with E-state index < -0.39 is 0 Å². The Morgan fingerprint density at radius 3 is 2.74 bits per heavy atom. The van der Waals surface area contributed by atoms with Gasteiger partial charge in [0, 0.05) is 29.6 Å². The van der Waals surface area contributed by atoms with Crippen molar-refractivity contribution >= 4 is 23.5 Å². The lowest BCUT2D eigenvalue weighted by Gasteiger charge is -2.22. The average Bonchev–Trinajstić information content (AvgIpc) is 2.37. The van der Waals surface area contributed by atoms with Gasteiger partial charge in [0.2, 0.25) is 5.95 Å². The summed E-state index contributed by atoms with van der Waals surface area (Å²) in [5.41, 5.74) is 0.924. The smallest absolute Gasteiger partial charge is 0.224 e. The maximum atomic E-state index is 9.29. The van der Waals surface area contributed by atoms with Crippen molar-refractivity contribution in [1.29, 1.82) is 0 Å². The van der Waals surface area contributed by atoms with Gasteiger partial charge in [0.1, 0.15) is 5.82 Å². The molecule has 0 radical (unpaired) electrons. The van der Waals surface area contributed by atoms with E-state index in [0.717, 1.165) is 24.5 Å². The fourth-order valence-electron chi connectivity index (χ4n) is 1.72. The SMILES string of the molecule is CCCNc1nc(C)cc(NC(C)C(CO)SC)n1. The minimum atomic E-state index is 0.147. The summed E-state index contributed by atoms with van der Waals surface area (Å²) in [5.74, 6) is 1.45. The van der Waals surface area contributed by atoms with Crippen molar-refractivity contribution in [3.05, 3.63) is 11.8 Å². The van der Waals surface area contributed by atoms with Crippen molar-refractivity contribution in [3.63, 3.8) is 0 Å². The first kappa shape index (κ1) is 16.0. The van der Waals surface area contributed by atoms with Crippen molar-refractivity contribution in [1.82, 2.24) is 9.97 Å². The lowest BCUT2D eigenvalue weighted by Crippen LogP contribution is -2.31. The van der Waals surface area contributed by atoms with Crippen LogP contribution in [0, 0.1) is 6.92 Å². The van der Waals surface area contributed by atoms with Crippen LogP contribution in [0.25, 0.3) is 0 Å². The molecule has 0 amide bonds. The van der Waals surface area contributed by atoms with Crippen LogP contribution in [-0.4, -0.2) is 45.8 Å². The molecule has 0 aliphatic carbocycles. The Bertz CT molecular complexity index is 385. The summed E-state index contributed by atoms with van der Waals surface area (Å²) in [6.45, 7) is 7.12. The third-order valence-corrected chi connectivity index (χ3v) is 3.97. The van der Waals surface area contributed by atoms with Gasteiger partial charge in [0.05, 0.1) is 6.61 Å². The second-order valence-electron chi connectivity index (χ2n) is 4.53. The molecule has 0 aromatic carbocycles. The number of nitrogens with zero attached hydrogens (tertiary/aromatic N) is 2. The fourth-order valence-corrected chi connectivity index (χ4v) is 2.35. The largest absolute Gasteiger partial charge is 0.395 e. The maximum Gasteiger partial charge on any atom is 0.224 e. The fraction of sp³-hybridized carbons (Fsp3) is 0.692. The zero-order valence-electron chi connectivity index (χ0n) is 12.1. The van der Waals surface area contributed by atoms with Crippen LogP contribution in [0.3, 0.4) is 0 Å². The molecule has 0 fully saturated rings. The van der Waals surface area contributed by atoms with E-state index in [1.54, 1.807) is 11.8 Å². The highest BCUT2D eigenvalue weighted by Crippen LogP contribution is 2.16. The molecule has 3 N–H and O–H groups in total. The Morgan fingerprint density at radius 1 is 1.42 bits per heavy atom. The van der Waals surface area contributed by atoms with E-state index in [1.165, 1.54) is 0 Å². The molecule has 0 aliphatic heterocycles. The maximum absolute atomic E-state index is 9.29. The molecular formula is C13H24N4OS. The third kappa shape index (κ3) is 5.24. The number of hydrogen-bond donors (Lipinski definition) is 3. The third-order valence-electron chi connectivity index (χ3n) is 2.80. The Kier molecular flexibility index (Phi) is 6.94. The molecule has 2 unspecified atom stereocenters. The number of nitrogens with one attached hydrogen (secondary N) is 2. The summed E-state index contributed by atoms with van der Waals surface area (Å²) in [5, 5.41) is 16.0. The normalized spacial score (nSPS) is 13.9. The van der Waals surface area contributed by atoms with Crippen LogP contribution in [0.4, 0.5) is 11.8 Å². The van der Waals surface area contributed by atoms with Crippen LogP contribution < -0.4 is 10.6 Å². The summed E-state index contributed by atoms with van der Waals surface area (Å²) in [4.78, 5) is 8.78. The van der Waals surface area contributed by atoms with Crippen molar-refractivity contribution in [2.45, 2.75) is 38.5 Å². The number of rotatable bonds is 8. The zero-order valence-corrected chi connectivity index (χ0v) is 12.9. The molecule has 1 heterocycles. The summed E-state index contributed by atoms with van der Waals surface area (Å²) < 4.78 is 0. The molecule has 2 atom stereocenters. The number of aliphatic hydroxyl groups excluding tert-OH is 1. The number of aliphatic hydroxyl groups is 1. The molecule has 1 rings (SSSR count). The molecule has 0 spiro atoms. The van der Waals surface area contributed by atoms with Gasteiger partial charge < -0.3 is 15.7 Å². The number of aryl methyl sites for hydroxylation is 1. The quantitative estimate of drug-likeness (QED) is 0.679. The highest BCUT2D eigenvalue weighted by atomic mass is 32.2. The van der Waals surface area contributed by atoms with E-state index in [4.69, 9.17) is 0 Å². The second-order valence-corrected chi connectivity index (χ2v) is 5.61. The van der Waals surface area contributed by atoms with Gasteiger partial charge >= 0.3 is 0 Å². The van der Waals surface area contributed by atoms with Gasteiger partial charge in [-0.3, -0.25) is 0 Å². The molecule has 19 heavy (non-hydrogen) atoms. The van der Waals surface area contributed by atoms with Gasteiger partial charge in [-0.05, 0) is 26.5 Å². The summed E-state index contributed by atoms with van der Waals surface area (Å²) in [6, 6.07) is 2.07. The van der Waals surface area contributed by atoms with Gasteiger partial charge in [0.25, 0.3) is 0 Å². The van der Waals surface area contributed by atoms with Crippen LogP contribution in [0.2, 0.25) is 0 Å². The molecule has 1 aromatic heterocycles. The molecule has 108 valence electrons. The highest BCUT2D eigenvalue weighted by molar-refractivity contribution is 7.99. The van der Waals surface area contributed by atoms with Crippen LogP contribution in [-0.2, 0) is 0 Å². The predicted molar refractivity (Wildman–Crippen MR) is 83.0 cm³/mol. The van der Waals surface area contributed by atoms with E-state index in [9.17, 15) is 5.11 Å². The summed E-state index contributed by atoms with van der Waals surface area (Å²) in [6.07, 6.45) is 3.04. The second kappa shape index (κ2) is 8.22. The number of hydrogen-bond acceptors (Lipinski definition) is 6. The van der Waals surface area contributed by atoms with Gasteiger partial charge in [0.15, 0.2) is 0 Å². The number of aromatic nitrogens is 2. The highest BCUT2D eigenvalue weighted by Gasteiger charge is 2.15. The zero-order chi connectivity index (χ0) is 14.3. The molecular weight excluding hydrogens is 260 g/mol. The number of anilines is 2.